The van der Waals surface area contributed by atoms with Crippen LogP contribution in [0.3, 0.4) is 0 Å². The first-order chi connectivity index (χ1) is 5.92. The van der Waals surface area contributed by atoms with Crippen molar-refractivity contribution >= 4 is 35.1 Å². The SMILES string of the molecule is CC1OC1(Cl)Cl.O=C1C=CC(=O)O1. The van der Waals surface area contributed by atoms with Crippen LogP contribution in [0.4, 0.5) is 0 Å². The van der Waals surface area contributed by atoms with Crippen molar-refractivity contribution in [1.82, 2.24) is 0 Å². The zero-order valence-electron chi connectivity index (χ0n) is 6.62. The first-order valence-electron chi connectivity index (χ1n) is 3.41. The molecular weight excluding hydrogens is 219 g/mol. The molecule has 0 amide bonds. The number of carbonyl (C=O) groups excluding carboxylic acids is 2. The van der Waals surface area contributed by atoms with Gasteiger partial charge in [0.1, 0.15) is 6.10 Å². The smallest absolute Gasteiger partial charge is 0.338 e. The van der Waals surface area contributed by atoms with E-state index in [0.29, 0.717) is 0 Å². The summed E-state index contributed by atoms with van der Waals surface area (Å²) >= 11 is 10.7. The number of hydrogen-bond acceptors (Lipinski definition) is 4. The Labute approximate surface area is 84.4 Å². The van der Waals surface area contributed by atoms with Crippen molar-refractivity contribution in [3.8, 4) is 0 Å². The molecule has 0 N–H and O–H groups in total. The molecule has 72 valence electrons. The molecule has 0 aromatic carbocycles. The number of hydrogen-bond donors (Lipinski definition) is 0. The molecule has 0 aromatic heterocycles. The predicted molar refractivity (Wildman–Crippen MR) is 45.2 cm³/mol. The topological polar surface area (TPSA) is 55.9 Å². The largest absolute Gasteiger partial charge is 0.387 e. The Morgan fingerprint density at radius 2 is 1.62 bits per heavy atom. The van der Waals surface area contributed by atoms with E-state index in [1.165, 1.54) is 0 Å². The van der Waals surface area contributed by atoms with Crippen molar-refractivity contribution in [2.24, 2.45) is 0 Å². The number of halogens is 2. The van der Waals surface area contributed by atoms with E-state index in [2.05, 4.69) is 9.47 Å². The summed E-state index contributed by atoms with van der Waals surface area (Å²) in [6.45, 7) is 1.82. The molecule has 0 radical (unpaired) electrons. The number of rotatable bonds is 0. The zero-order valence-corrected chi connectivity index (χ0v) is 8.13. The Balaban J connectivity index is 0.000000132. The maximum Gasteiger partial charge on any atom is 0.338 e. The average molecular weight is 225 g/mol. The molecule has 1 unspecified atom stereocenters. The fraction of sp³-hybridized carbons (Fsp3) is 0.429. The van der Waals surface area contributed by atoms with Crippen molar-refractivity contribution in [3.63, 3.8) is 0 Å². The highest BCUT2D eigenvalue weighted by molar-refractivity contribution is 6.49. The molecule has 0 aliphatic carbocycles. The highest BCUT2D eigenvalue weighted by Crippen LogP contribution is 2.43. The van der Waals surface area contributed by atoms with Crippen molar-refractivity contribution in [2.75, 3.05) is 0 Å². The Kier molecular flexibility index (Phi) is 2.95. The minimum Gasteiger partial charge on any atom is -0.387 e. The molecule has 13 heavy (non-hydrogen) atoms. The van der Waals surface area contributed by atoms with Gasteiger partial charge in [-0.25, -0.2) is 9.59 Å². The van der Waals surface area contributed by atoms with Gasteiger partial charge < -0.3 is 9.47 Å². The molecule has 4 nitrogen and oxygen atoms in total. The third-order valence-corrected chi connectivity index (χ3v) is 2.10. The summed E-state index contributed by atoms with van der Waals surface area (Å²) in [7, 11) is 0. The molecule has 0 bridgehead atoms. The number of ether oxygens (including phenoxy) is 2. The van der Waals surface area contributed by atoms with Crippen molar-refractivity contribution in [2.45, 2.75) is 17.5 Å². The van der Waals surface area contributed by atoms with Crippen molar-refractivity contribution < 1.29 is 19.1 Å². The van der Waals surface area contributed by atoms with E-state index in [9.17, 15) is 9.59 Å². The van der Waals surface area contributed by atoms with Gasteiger partial charge in [0.15, 0.2) is 0 Å². The van der Waals surface area contributed by atoms with Crippen LogP contribution in [-0.2, 0) is 19.1 Å². The summed E-state index contributed by atoms with van der Waals surface area (Å²) in [5.74, 6) is -1.16. The van der Waals surface area contributed by atoms with E-state index in [1.807, 2.05) is 6.92 Å². The number of alkyl halides is 2. The molecule has 0 saturated carbocycles. The van der Waals surface area contributed by atoms with Gasteiger partial charge in [0.2, 0.25) is 4.52 Å². The molecule has 2 heterocycles. The molecule has 1 fully saturated rings. The monoisotopic (exact) mass is 224 g/mol. The third-order valence-electron chi connectivity index (χ3n) is 1.31. The number of cyclic esters (lactones) is 2. The van der Waals surface area contributed by atoms with Gasteiger partial charge in [-0.3, -0.25) is 0 Å². The van der Waals surface area contributed by atoms with Crippen molar-refractivity contribution in [3.05, 3.63) is 12.2 Å². The number of esters is 2. The molecular formula is C7H6Cl2O4. The van der Waals surface area contributed by atoms with Crippen LogP contribution in [0.15, 0.2) is 12.2 Å². The Hall–Kier alpha value is -0.580. The summed E-state index contributed by atoms with van der Waals surface area (Å²) in [5, 5.41) is 0. The first kappa shape index (κ1) is 10.5. The number of carbonyl (C=O) groups is 2. The van der Waals surface area contributed by atoms with Crippen LogP contribution < -0.4 is 0 Å². The minimum absolute atomic E-state index is 0.0285. The summed E-state index contributed by atoms with van der Waals surface area (Å²) in [4.78, 5) is 19.8. The van der Waals surface area contributed by atoms with E-state index in [-0.39, 0.29) is 6.10 Å². The van der Waals surface area contributed by atoms with Gasteiger partial charge in [0, 0.05) is 12.2 Å². The lowest BCUT2D eigenvalue weighted by atomic mass is 10.6. The van der Waals surface area contributed by atoms with Crippen LogP contribution in [0.1, 0.15) is 6.92 Å². The fourth-order valence-corrected chi connectivity index (χ4v) is 0.772. The lowest BCUT2D eigenvalue weighted by molar-refractivity contribution is -0.150. The Morgan fingerprint density at radius 3 is 1.69 bits per heavy atom. The van der Waals surface area contributed by atoms with Gasteiger partial charge in [-0.05, 0) is 6.92 Å². The first-order valence-corrected chi connectivity index (χ1v) is 4.17. The van der Waals surface area contributed by atoms with E-state index < -0.39 is 16.5 Å². The van der Waals surface area contributed by atoms with Gasteiger partial charge in [-0.15, -0.1) is 0 Å². The van der Waals surface area contributed by atoms with Gasteiger partial charge in [-0.1, -0.05) is 23.2 Å². The lowest BCUT2D eigenvalue weighted by Gasteiger charge is -1.80. The van der Waals surface area contributed by atoms with Crippen LogP contribution in [0.25, 0.3) is 0 Å². The standard InChI is InChI=1S/C4H2O3.C3H4Cl2O/c5-3-1-2-4(6)7-3;1-2-3(4,5)6-2/h1-2H;2H,1H3. The molecule has 1 atom stereocenters. The molecule has 0 spiro atoms. The van der Waals surface area contributed by atoms with Crippen LogP contribution >= 0.6 is 23.2 Å². The molecule has 1 saturated heterocycles. The van der Waals surface area contributed by atoms with Crippen molar-refractivity contribution in [1.29, 1.82) is 0 Å². The Bertz CT molecular complexity index is 256. The second kappa shape index (κ2) is 3.65. The quantitative estimate of drug-likeness (QED) is 0.268. The highest BCUT2D eigenvalue weighted by atomic mass is 35.5. The normalized spacial score (nSPS) is 27.8. The van der Waals surface area contributed by atoms with Gasteiger partial charge in [0.25, 0.3) is 0 Å². The predicted octanol–water partition coefficient (Wildman–Crippen LogP) is 1.16. The third kappa shape index (κ3) is 3.34. The molecule has 2 rings (SSSR count). The zero-order chi connectivity index (χ0) is 10.1. The average Bonchev–Trinajstić information content (AvgIpc) is 2.41. The summed E-state index contributed by atoms with van der Waals surface area (Å²) in [5.41, 5.74) is 0. The second-order valence-electron chi connectivity index (χ2n) is 2.40. The van der Waals surface area contributed by atoms with E-state index >= 15 is 0 Å². The highest BCUT2D eigenvalue weighted by Gasteiger charge is 2.50. The summed E-state index contributed by atoms with van der Waals surface area (Å²) in [6, 6.07) is 0. The van der Waals surface area contributed by atoms with Gasteiger partial charge in [0.05, 0.1) is 0 Å². The van der Waals surface area contributed by atoms with E-state index in [4.69, 9.17) is 23.2 Å². The molecule has 6 heteroatoms. The van der Waals surface area contributed by atoms with Crippen LogP contribution in [-0.4, -0.2) is 22.6 Å². The summed E-state index contributed by atoms with van der Waals surface area (Å²) in [6.07, 6.45) is 2.20. The second-order valence-corrected chi connectivity index (χ2v) is 3.71. The van der Waals surface area contributed by atoms with Crippen LogP contribution in [0.2, 0.25) is 0 Å². The van der Waals surface area contributed by atoms with Gasteiger partial charge >= 0.3 is 11.9 Å². The maximum atomic E-state index is 9.92. The maximum absolute atomic E-state index is 9.92. The number of epoxide rings is 1. The fourth-order valence-electron chi connectivity index (χ4n) is 0.505. The molecule has 2 aliphatic rings. The summed E-state index contributed by atoms with van der Waals surface area (Å²) < 4.78 is 7.76. The minimum atomic E-state index is -0.847. The molecule has 2 aliphatic heterocycles. The van der Waals surface area contributed by atoms with Crippen LogP contribution in [0.5, 0.6) is 0 Å². The Morgan fingerprint density at radius 1 is 1.31 bits per heavy atom. The molecule has 0 aromatic rings. The van der Waals surface area contributed by atoms with Crippen LogP contribution in [0, 0.1) is 0 Å². The lowest BCUT2D eigenvalue weighted by Crippen LogP contribution is -1.96. The van der Waals surface area contributed by atoms with Gasteiger partial charge in [-0.2, -0.15) is 0 Å². The van der Waals surface area contributed by atoms with E-state index in [1.54, 1.807) is 0 Å². The van der Waals surface area contributed by atoms with E-state index in [0.717, 1.165) is 12.2 Å².